The minimum absolute atomic E-state index is 0.0199. The summed E-state index contributed by atoms with van der Waals surface area (Å²) in [4.78, 5) is 18.1. The van der Waals surface area contributed by atoms with E-state index in [2.05, 4.69) is 15.2 Å². The number of thioether (sulfide) groups is 1. The van der Waals surface area contributed by atoms with Gasteiger partial charge >= 0.3 is 0 Å². The summed E-state index contributed by atoms with van der Waals surface area (Å²) in [5, 5.41) is 7.35. The summed E-state index contributed by atoms with van der Waals surface area (Å²) in [5.41, 5.74) is 6.22. The number of halogens is 1. The van der Waals surface area contributed by atoms with Crippen molar-refractivity contribution in [1.82, 2.24) is 15.2 Å². The zero-order valence-corrected chi connectivity index (χ0v) is 12.0. The molecular formula is C12H12ClN5OS. The minimum atomic E-state index is -0.207. The van der Waals surface area contributed by atoms with Gasteiger partial charge in [0, 0.05) is 6.54 Å². The molecule has 1 aromatic heterocycles. The van der Waals surface area contributed by atoms with Crippen LogP contribution in [0.5, 0.6) is 0 Å². The van der Waals surface area contributed by atoms with Crippen LogP contribution in [0, 0.1) is 0 Å². The molecule has 1 atom stereocenters. The summed E-state index contributed by atoms with van der Waals surface area (Å²) in [6.07, 6.45) is 0.725. The molecule has 1 aliphatic rings. The number of nitrogens with zero attached hydrogens (tertiary/aromatic N) is 3. The Bertz CT molecular complexity index is 646. The van der Waals surface area contributed by atoms with Crippen molar-refractivity contribution in [2.75, 3.05) is 17.2 Å². The molecule has 1 aliphatic heterocycles. The first-order chi connectivity index (χ1) is 9.65. The van der Waals surface area contributed by atoms with Gasteiger partial charge in [-0.05, 0) is 18.6 Å². The fourth-order valence-corrected chi connectivity index (χ4v) is 3.30. The molecule has 1 aromatic carbocycles. The molecule has 20 heavy (non-hydrogen) atoms. The van der Waals surface area contributed by atoms with E-state index >= 15 is 0 Å². The summed E-state index contributed by atoms with van der Waals surface area (Å²) in [6.45, 7) is 0.639. The summed E-state index contributed by atoms with van der Waals surface area (Å²) in [6, 6.07) is 7.33. The Kier molecular flexibility index (Phi) is 3.54. The van der Waals surface area contributed by atoms with Crippen LogP contribution in [0.3, 0.4) is 0 Å². The zero-order valence-electron chi connectivity index (χ0n) is 10.4. The molecule has 0 bridgehead atoms. The third kappa shape index (κ3) is 2.46. The van der Waals surface area contributed by atoms with Crippen molar-refractivity contribution in [1.29, 1.82) is 0 Å². The SMILES string of the molecule is Nc1nc(S[C@H]2CCN(c3ccccc3Cl)C2=O)n[nH]1. The Balaban J connectivity index is 1.76. The van der Waals surface area contributed by atoms with Crippen LogP contribution in [0.25, 0.3) is 0 Å². The monoisotopic (exact) mass is 309 g/mol. The van der Waals surface area contributed by atoms with E-state index in [4.69, 9.17) is 17.3 Å². The lowest BCUT2D eigenvalue weighted by Crippen LogP contribution is -2.28. The first-order valence-electron chi connectivity index (χ1n) is 6.05. The number of rotatable bonds is 3. The van der Waals surface area contributed by atoms with Crippen molar-refractivity contribution >= 4 is 40.9 Å². The fraction of sp³-hybridized carbons (Fsp3) is 0.250. The Morgan fingerprint density at radius 1 is 1.45 bits per heavy atom. The third-order valence-electron chi connectivity index (χ3n) is 3.03. The highest BCUT2D eigenvalue weighted by Crippen LogP contribution is 2.34. The number of aromatic amines is 1. The Labute approximate surface area is 124 Å². The van der Waals surface area contributed by atoms with Crippen molar-refractivity contribution in [2.45, 2.75) is 16.8 Å². The van der Waals surface area contributed by atoms with Gasteiger partial charge in [0.1, 0.15) is 0 Å². The smallest absolute Gasteiger partial charge is 0.240 e. The largest absolute Gasteiger partial charge is 0.368 e. The molecule has 1 saturated heterocycles. The topological polar surface area (TPSA) is 87.9 Å². The number of nitrogen functional groups attached to an aromatic ring is 1. The number of benzene rings is 1. The predicted octanol–water partition coefficient (Wildman–Crippen LogP) is 1.94. The summed E-state index contributed by atoms with van der Waals surface area (Å²) in [5.74, 6) is 0.271. The van der Waals surface area contributed by atoms with E-state index in [0.29, 0.717) is 16.7 Å². The molecule has 2 aromatic rings. The van der Waals surface area contributed by atoms with Crippen molar-refractivity contribution < 1.29 is 4.79 Å². The number of carbonyl (C=O) groups is 1. The molecule has 104 valence electrons. The highest BCUT2D eigenvalue weighted by Gasteiger charge is 2.34. The van der Waals surface area contributed by atoms with E-state index in [1.54, 1.807) is 11.0 Å². The predicted molar refractivity (Wildman–Crippen MR) is 78.9 cm³/mol. The molecular weight excluding hydrogens is 298 g/mol. The minimum Gasteiger partial charge on any atom is -0.368 e. The molecule has 2 heterocycles. The van der Waals surface area contributed by atoms with Gasteiger partial charge in [-0.2, -0.15) is 4.98 Å². The first-order valence-corrected chi connectivity index (χ1v) is 7.31. The molecule has 0 unspecified atom stereocenters. The standard InChI is InChI=1S/C12H12ClN5OS/c13-7-3-1-2-4-8(7)18-6-5-9(10(18)19)20-12-15-11(14)16-17-12/h1-4,9H,5-6H2,(H3,14,15,16,17)/t9-/m0/s1. The van der Waals surface area contributed by atoms with Crippen molar-refractivity contribution in [2.24, 2.45) is 0 Å². The van der Waals surface area contributed by atoms with E-state index in [9.17, 15) is 4.79 Å². The number of para-hydroxylation sites is 1. The van der Waals surface area contributed by atoms with Gasteiger partial charge < -0.3 is 10.6 Å². The van der Waals surface area contributed by atoms with Crippen LogP contribution in [0.4, 0.5) is 11.6 Å². The molecule has 1 amide bonds. The van der Waals surface area contributed by atoms with Crippen LogP contribution < -0.4 is 10.6 Å². The second-order valence-electron chi connectivity index (χ2n) is 4.34. The lowest BCUT2D eigenvalue weighted by atomic mass is 10.3. The molecule has 0 spiro atoms. The van der Waals surface area contributed by atoms with E-state index in [1.165, 1.54) is 11.8 Å². The molecule has 8 heteroatoms. The van der Waals surface area contributed by atoms with Crippen LogP contribution in [-0.2, 0) is 4.79 Å². The Morgan fingerprint density at radius 2 is 2.25 bits per heavy atom. The molecule has 0 aliphatic carbocycles. The van der Waals surface area contributed by atoms with Crippen LogP contribution >= 0.6 is 23.4 Å². The van der Waals surface area contributed by atoms with E-state index in [-0.39, 0.29) is 17.1 Å². The average molecular weight is 310 g/mol. The molecule has 1 fully saturated rings. The lowest BCUT2D eigenvalue weighted by molar-refractivity contribution is -0.116. The fourth-order valence-electron chi connectivity index (χ4n) is 2.11. The number of aromatic nitrogens is 3. The van der Waals surface area contributed by atoms with Gasteiger partial charge in [0.25, 0.3) is 0 Å². The quantitative estimate of drug-likeness (QED) is 0.904. The summed E-state index contributed by atoms with van der Waals surface area (Å²) < 4.78 is 0. The van der Waals surface area contributed by atoms with Gasteiger partial charge in [-0.1, -0.05) is 35.5 Å². The second kappa shape index (κ2) is 5.34. The normalized spacial score (nSPS) is 18.8. The zero-order chi connectivity index (χ0) is 14.1. The molecule has 3 N–H and O–H groups in total. The summed E-state index contributed by atoms with van der Waals surface area (Å²) in [7, 11) is 0. The van der Waals surface area contributed by atoms with Crippen LogP contribution in [0.1, 0.15) is 6.42 Å². The summed E-state index contributed by atoms with van der Waals surface area (Å²) >= 11 is 7.45. The number of hydrogen-bond donors (Lipinski definition) is 2. The van der Waals surface area contributed by atoms with Crippen LogP contribution in [-0.4, -0.2) is 32.9 Å². The van der Waals surface area contributed by atoms with Crippen LogP contribution in [0.2, 0.25) is 5.02 Å². The van der Waals surface area contributed by atoms with E-state index in [1.807, 2.05) is 18.2 Å². The number of H-pyrrole nitrogens is 1. The lowest BCUT2D eigenvalue weighted by Gasteiger charge is -2.17. The molecule has 6 nitrogen and oxygen atoms in total. The highest BCUT2D eigenvalue weighted by molar-refractivity contribution is 8.00. The van der Waals surface area contributed by atoms with E-state index in [0.717, 1.165) is 12.1 Å². The van der Waals surface area contributed by atoms with Gasteiger partial charge in [-0.3, -0.25) is 4.79 Å². The highest BCUT2D eigenvalue weighted by atomic mass is 35.5. The Hall–Kier alpha value is -1.73. The van der Waals surface area contributed by atoms with Gasteiger partial charge in [0.05, 0.1) is 16.0 Å². The maximum absolute atomic E-state index is 12.4. The van der Waals surface area contributed by atoms with Crippen molar-refractivity contribution in [3.63, 3.8) is 0 Å². The number of amides is 1. The number of anilines is 2. The van der Waals surface area contributed by atoms with Gasteiger partial charge in [-0.25, -0.2) is 5.10 Å². The molecule has 0 saturated carbocycles. The first kappa shape index (κ1) is 13.3. The maximum Gasteiger partial charge on any atom is 0.240 e. The number of nitrogens with one attached hydrogen (secondary N) is 1. The third-order valence-corrected chi connectivity index (χ3v) is 4.46. The van der Waals surface area contributed by atoms with Gasteiger partial charge in [-0.15, -0.1) is 5.10 Å². The number of hydrogen-bond acceptors (Lipinski definition) is 5. The number of carbonyl (C=O) groups excluding carboxylic acids is 1. The van der Waals surface area contributed by atoms with E-state index < -0.39 is 0 Å². The van der Waals surface area contributed by atoms with Crippen molar-refractivity contribution in [3.8, 4) is 0 Å². The maximum atomic E-state index is 12.4. The number of nitrogens with two attached hydrogens (primary N) is 1. The Morgan fingerprint density at radius 3 is 2.95 bits per heavy atom. The van der Waals surface area contributed by atoms with Gasteiger partial charge in [0.2, 0.25) is 17.0 Å². The molecule has 0 radical (unpaired) electrons. The van der Waals surface area contributed by atoms with Crippen LogP contribution in [0.15, 0.2) is 29.4 Å². The van der Waals surface area contributed by atoms with Gasteiger partial charge in [0.15, 0.2) is 0 Å². The second-order valence-corrected chi connectivity index (χ2v) is 5.92. The average Bonchev–Trinajstić information content (AvgIpc) is 2.99. The molecule has 3 rings (SSSR count). The van der Waals surface area contributed by atoms with Crippen molar-refractivity contribution in [3.05, 3.63) is 29.3 Å².